The van der Waals surface area contributed by atoms with Gasteiger partial charge >= 0.3 is 0 Å². The molecule has 0 aliphatic carbocycles. The zero-order valence-electron chi connectivity index (χ0n) is 20.3. The maximum absolute atomic E-state index is 14.1. The smallest absolute Gasteiger partial charge is 0.203 e. The van der Waals surface area contributed by atoms with Gasteiger partial charge in [-0.15, -0.1) is 0 Å². The highest BCUT2D eigenvalue weighted by Crippen LogP contribution is 2.38. The molecular formula is C29H22F2N2O4. The molecule has 5 rings (SSSR count). The van der Waals surface area contributed by atoms with Crippen molar-refractivity contribution in [2.45, 2.75) is 0 Å². The minimum Gasteiger partial charge on any atom is -0.493 e. The Bertz CT molecular complexity index is 1670. The number of hydrogen-bond acceptors (Lipinski definition) is 5. The van der Waals surface area contributed by atoms with Gasteiger partial charge in [0.2, 0.25) is 5.75 Å². The number of ether oxygens (including phenoxy) is 3. The van der Waals surface area contributed by atoms with E-state index >= 15 is 0 Å². The second-order valence-corrected chi connectivity index (χ2v) is 8.23. The van der Waals surface area contributed by atoms with Crippen LogP contribution in [-0.4, -0.2) is 37.1 Å². The number of nitrogens with zero attached hydrogens (tertiary/aromatic N) is 1. The number of H-pyrrole nitrogens is 1. The summed E-state index contributed by atoms with van der Waals surface area (Å²) in [6.45, 7) is 0. The molecule has 0 aliphatic rings. The van der Waals surface area contributed by atoms with Crippen LogP contribution in [0.2, 0.25) is 0 Å². The third-order valence-electron chi connectivity index (χ3n) is 6.06. The average molecular weight is 501 g/mol. The minimum absolute atomic E-state index is 0.311. The number of nitrogens with one attached hydrogen (secondary N) is 1. The standard InChI is InChI=1S/C29H22F2N2O4/c1-35-25-13-17(14-26(36-2)29(25)37-3)24(34)11-9-18-15-20-19-6-4-5-7-23(19)33-28(20)27(32-18)16-8-10-21(30)22(31)12-16/h4-15,33H,1-3H3/b11-9+. The van der Waals surface area contributed by atoms with E-state index in [1.54, 1.807) is 18.2 Å². The summed E-state index contributed by atoms with van der Waals surface area (Å²) >= 11 is 0. The van der Waals surface area contributed by atoms with Crippen molar-refractivity contribution in [2.24, 2.45) is 0 Å². The number of fused-ring (bicyclic) bond motifs is 3. The van der Waals surface area contributed by atoms with Gasteiger partial charge in [0.1, 0.15) is 0 Å². The monoisotopic (exact) mass is 500 g/mol. The third kappa shape index (κ3) is 4.38. The van der Waals surface area contributed by atoms with Crippen molar-refractivity contribution in [2.75, 3.05) is 21.3 Å². The van der Waals surface area contributed by atoms with Crippen LogP contribution < -0.4 is 14.2 Å². The van der Waals surface area contributed by atoms with E-state index in [0.29, 0.717) is 45.3 Å². The topological polar surface area (TPSA) is 73.4 Å². The molecule has 186 valence electrons. The minimum atomic E-state index is -0.970. The van der Waals surface area contributed by atoms with Gasteiger partial charge in [-0.05, 0) is 54.6 Å². The van der Waals surface area contributed by atoms with Gasteiger partial charge in [0.05, 0.1) is 38.2 Å². The Labute approximate surface area is 211 Å². The fourth-order valence-electron chi connectivity index (χ4n) is 4.28. The summed E-state index contributed by atoms with van der Waals surface area (Å²) in [5.74, 6) is -1.12. The number of allylic oxidation sites excluding steroid dienone is 1. The highest BCUT2D eigenvalue weighted by molar-refractivity contribution is 6.12. The van der Waals surface area contributed by atoms with Gasteiger partial charge in [0, 0.05) is 27.4 Å². The van der Waals surface area contributed by atoms with Crippen LogP contribution in [0.5, 0.6) is 17.2 Å². The number of carbonyl (C=O) groups is 1. The van der Waals surface area contributed by atoms with Crippen LogP contribution in [0.15, 0.2) is 66.7 Å². The molecule has 0 saturated heterocycles. The molecule has 0 atom stereocenters. The van der Waals surface area contributed by atoms with Crippen molar-refractivity contribution in [3.05, 3.63) is 89.6 Å². The van der Waals surface area contributed by atoms with Crippen LogP contribution >= 0.6 is 0 Å². The van der Waals surface area contributed by atoms with Gasteiger partial charge in [-0.3, -0.25) is 4.79 Å². The molecule has 2 heterocycles. The number of methoxy groups -OCH3 is 3. The Balaban J connectivity index is 1.62. The van der Waals surface area contributed by atoms with Crippen LogP contribution in [0.3, 0.4) is 0 Å². The molecular weight excluding hydrogens is 478 g/mol. The molecule has 3 aromatic carbocycles. The predicted molar refractivity (Wildman–Crippen MR) is 138 cm³/mol. The molecule has 0 spiro atoms. The fourth-order valence-corrected chi connectivity index (χ4v) is 4.28. The first-order chi connectivity index (χ1) is 17.9. The molecule has 0 saturated carbocycles. The van der Waals surface area contributed by atoms with Crippen molar-refractivity contribution < 1.29 is 27.8 Å². The molecule has 8 heteroatoms. The first-order valence-electron chi connectivity index (χ1n) is 11.3. The number of hydrogen-bond donors (Lipinski definition) is 1. The van der Waals surface area contributed by atoms with Crippen LogP contribution in [0.4, 0.5) is 8.78 Å². The number of para-hydroxylation sites is 1. The van der Waals surface area contributed by atoms with Gasteiger partial charge in [-0.2, -0.15) is 0 Å². The van der Waals surface area contributed by atoms with Crippen LogP contribution in [0.1, 0.15) is 16.1 Å². The highest BCUT2D eigenvalue weighted by Gasteiger charge is 2.17. The number of pyridine rings is 1. The first kappa shape index (κ1) is 24.0. The number of aromatic amines is 1. The second kappa shape index (κ2) is 9.73. The Morgan fingerprint density at radius 3 is 2.27 bits per heavy atom. The number of carbonyl (C=O) groups excluding carboxylic acids is 1. The van der Waals surface area contributed by atoms with Crippen LogP contribution in [0, 0.1) is 11.6 Å². The molecule has 0 amide bonds. The molecule has 0 unspecified atom stereocenters. The average Bonchev–Trinajstić information content (AvgIpc) is 3.30. The lowest BCUT2D eigenvalue weighted by molar-refractivity contribution is 0.104. The Kier molecular flexibility index (Phi) is 6.31. The largest absolute Gasteiger partial charge is 0.493 e. The van der Waals surface area contributed by atoms with Gasteiger partial charge in [0.25, 0.3) is 0 Å². The first-order valence-corrected chi connectivity index (χ1v) is 11.3. The van der Waals surface area contributed by atoms with Crippen molar-refractivity contribution in [3.63, 3.8) is 0 Å². The second-order valence-electron chi connectivity index (χ2n) is 8.23. The zero-order valence-corrected chi connectivity index (χ0v) is 20.3. The predicted octanol–water partition coefficient (Wildman–Crippen LogP) is 6.58. The lowest BCUT2D eigenvalue weighted by atomic mass is 10.1. The van der Waals surface area contributed by atoms with E-state index in [1.807, 2.05) is 30.3 Å². The van der Waals surface area contributed by atoms with Gasteiger partial charge in [0.15, 0.2) is 28.9 Å². The molecule has 0 fully saturated rings. The Morgan fingerprint density at radius 2 is 1.59 bits per heavy atom. The lowest BCUT2D eigenvalue weighted by Gasteiger charge is -2.13. The summed E-state index contributed by atoms with van der Waals surface area (Å²) < 4.78 is 43.7. The van der Waals surface area contributed by atoms with Gasteiger partial charge in [-0.1, -0.05) is 18.2 Å². The molecule has 1 N–H and O–H groups in total. The molecule has 0 aliphatic heterocycles. The van der Waals surface area contributed by atoms with Crippen molar-refractivity contribution >= 4 is 33.7 Å². The summed E-state index contributed by atoms with van der Waals surface area (Å²) in [6.07, 6.45) is 2.97. The fraction of sp³-hybridized carbons (Fsp3) is 0.103. The summed E-state index contributed by atoms with van der Waals surface area (Å²) in [6, 6.07) is 16.3. The lowest BCUT2D eigenvalue weighted by Crippen LogP contribution is -2.00. The molecule has 5 aromatic rings. The Morgan fingerprint density at radius 1 is 0.865 bits per heavy atom. The van der Waals surface area contributed by atoms with E-state index < -0.39 is 11.6 Å². The van der Waals surface area contributed by atoms with Crippen LogP contribution in [-0.2, 0) is 0 Å². The van der Waals surface area contributed by atoms with E-state index in [-0.39, 0.29) is 5.78 Å². The maximum atomic E-state index is 14.1. The van der Waals surface area contributed by atoms with Crippen molar-refractivity contribution in [1.29, 1.82) is 0 Å². The number of rotatable bonds is 7. The molecule has 0 bridgehead atoms. The molecule has 37 heavy (non-hydrogen) atoms. The molecule has 6 nitrogen and oxygen atoms in total. The molecule has 2 aromatic heterocycles. The Hall–Kier alpha value is -4.72. The SMILES string of the molecule is COc1cc(C(=O)/C=C/c2cc3c([nH]c4ccccc43)c(-c3ccc(F)c(F)c3)n2)cc(OC)c1OC. The van der Waals surface area contributed by atoms with Crippen molar-refractivity contribution in [3.8, 4) is 28.5 Å². The van der Waals surface area contributed by atoms with Crippen molar-refractivity contribution in [1.82, 2.24) is 9.97 Å². The number of aromatic nitrogens is 2. The number of benzene rings is 3. The summed E-state index contributed by atoms with van der Waals surface area (Å²) in [5.41, 5.74) is 3.20. The van der Waals surface area contributed by atoms with E-state index in [1.165, 1.54) is 33.5 Å². The van der Waals surface area contributed by atoms with Crippen LogP contribution in [0.25, 0.3) is 39.1 Å². The van der Waals surface area contributed by atoms with E-state index in [0.717, 1.165) is 28.4 Å². The number of halogens is 2. The van der Waals surface area contributed by atoms with E-state index in [4.69, 9.17) is 14.2 Å². The van der Waals surface area contributed by atoms with Gasteiger partial charge in [-0.25, -0.2) is 13.8 Å². The maximum Gasteiger partial charge on any atom is 0.203 e. The van der Waals surface area contributed by atoms with E-state index in [9.17, 15) is 13.6 Å². The summed E-state index contributed by atoms with van der Waals surface area (Å²) in [7, 11) is 4.43. The van der Waals surface area contributed by atoms with E-state index in [2.05, 4.69) is 9.97 Å². The quantitative estimate of drug-likeness (QED) is 0.202. The highest BCUT2D eigenvalue weighted by atomic mass is 19.2. The third-order valence-corrected chi connectivity index (χ3v) is 6.06. The zero-order chi connectivity index (χ0) is 26.1. The number of ketones is 1. The van der Waals surface area contributed by atoms with Gasteiger partial charge < -0.3 is 19.2 Å². The summed E-state index contributed by atoms with van der Waals surface area (Å²) in [4.78, 5) is 21.0. The summed E-state index contributed by atoms with van der Waals surface area (Å²) in [5, 5.41) is 1.78. The normalized spacial score (nSPS) is 11.4. The molecule has 0 radical (unpaired) electrons.